The third-order valence-electron chi connectivity index (χ3n) is 6.45. The Morgan fingerprint density at radius 1 is 0.903 bits per heavy atom. The number of carbonyl (C=O) groups excluding carboxylic acids is 1. The van der Waals surface area contributed by atoms with Gasteiger partial charge in [0, 0.05) is 34.0 Å². The molecule has 2 N–H and O–H groups in total. The average Bonchev–Trinajstić information content (AvgIpc) is 3.40. The Labute approximate surface area is 180 Å². The van der Waals surface area contributed by atoms with Gasteiger partial charge in [0.1, 0.15) is 5.69 Å². The predicted octanol–water partition coefficient (Wildman–Crippen LogP) is 5.75. The van der Waals surface area contributed by atoms with Crippen LogP contribution in [0.4, 0.5) is 0 Å². The fourth-order valence-electron chi connectivity index (χ4n) is 4.90. The first kappa shape index (κ1) is 18.0. The Balaban J connectivity index is 1.50. The van der Waals surface area contributed by atoms with Gasteiger partial charge in [0.25, 0.3) is 5.91 Å². The third-order valence-corrected chi connectivity index (χ3v) is 6.45. The van der Waals surface area contributed by atoms with Gasteiger partial charge in [-0.3, -0.25) is 4.79 Å². The highest BCUT2D eigenvalue weighted by molar-refractivity contribution is 5.99. The maximum Gasteiger partial charge on any atom is 0.271 e. The van der Waals surface area contributed by atoms with Crippen LogP contribution in [0.1, 0.15) is 38.9 Å². The van der Waals surface area contributed by atoms with E-state index in [1.807, 2.05) is 35.2 Å². The number of H-pyrrole nitrogens is 2. The molecule has 1 aliphatic rings. The van der Waals surface area contributed by atoms with Gasteiger partial charge >= 0.3 is 0 Å². The monoisotopic (exact) mass is 405 g/mol. The summed E-state index contributed by atoms with van der Waals surface area (Å²) in [4.78, 5) is 22.7. The molecular weight excluding hydrogens is 382 g/mol. The number of carbonyl (C=O) groups is 1. The number of fused-ring (bicyclic) bond motifs is 4. The molecule has 4 nitrogen and oxygen atoms in total. The van der Waals surface area contributed by atoms with E-state index < -0.39 is 0 Å². The first-order chi connectivity index (χ1) is 15.2. The Morgan fingerprint density at radius 3 is 2.45 bits per heavy atom. The van der Waals surface area contributed by atoms with Crippen molar-refractivity contribution in [3.63, 3.8) is 0 Å². The molecule has 0 aliphatic carbocycles. The lowest BCUT2D eigenvalue weighted by molar-refractivity contribution is 0.0687. The van der Waals surface area contributed by atoms with Gasteiger partial charge in [0.2, 0.25) is 0 Å². The van der Waals surface area contributed by atoms with Crippen LogP contribution in [0, 0.1) is 6.92 Å². The largest absolute Gasteiger partial charge is 0.356 e. The quantitative estimate of drug-likeness (QED) is 0.386. The number of aromatic amines is 2. The van der Waals surface area contributed by atoms with Crippen LogP contribution < -0.4 is 0 Å². The van der Waals surface area contributed by atoms with E-state index in [0.717, 1.165) is 34.1 Å². The molecule has 1 amide bonds. The summed E-state index contributed by atoms with van der Waals surface area (Å²) in [5.74, 6) is 0.0334. The van der Waals surface area contributed by atoms with Crippen molar-refractivity contribution in [2.45, 2.75) is 19.4 Å². The zero-order chi connectivity index (χ0) is 20.9. The van der Waals surface area contributed by atoms with E-state index in [0.29, 0.717) is 12.2 Å². The molecule has 0 saturated carbocycles. The molecule has 0 saturated heterocycles. The van der Waals surface area contributed by atoms with E-state index in [2.05, 4.69) is 65.4 Å². The fraction of sp³-hybridized carbons (Fsp3) is 0.148. The highest BCUT2D eigenvalue weighted by Gasteiger charge is 2.35. The van der Waals surface area contributed by atoms with Gasteiger partial charge in [-0.25, -0.2) is 0 Å². The zero-order valence-electron chi connectivity index (χ0n) is 17.4. The number of para-hydroxylation sites is 2. The highest BCUT2D eigenvalue weighted by Crippen LogP contribution is 2.39. The Morgan fingerprint density at radius 2 is 1.65 bits per heavy atom. The zero-order valence-corrected chi connectivity index (χ0v) is 17.4. The van der Waals surface area contributed by atoms with Gasteiger partial charge in [-0.1, -0.05) is 66.2 Å². The van der Waals surface area contributed by atoms with Gasteiger partial charge in [-0.05, 0) is 42.7 Å². The Hall–Kier alpha value is -3.79. The average molecular weight is 406 g/mol. The molecule has 5 aromatic rings. The van der Waals surface area contributed by atoms with Crippen LogP contribution in [-0.2, 0) is 6.42 Å². The van der Waals surface area contributed by atoms with Crippen LogP contribution in [0.3, 0.4) is 0 Å². The number of benzene rings is 3. The smallest absolute Gasteiger partial charge is 0.271 e. The van der Waals surface area contributed by atoms with E-state index in [1.165, 1.54) is 16.5 Å². The molecule has 31 heavy (non-hydrogen) atoms. The van der Waals surface area contributed by atoms with Crippen molar-refractivity contribution in [2.75, 3.05) is 6.54 Å². The number of hydrogen-bond acceptors (Lipinski definition) is 1. The van der Waals surface area contributed by atoms with E-state index in [4.69, 9.17) is 0 Å². The molecule has 3 heterocycles. The van der Waals surface area contributed by atoms with Crippen molar-refractivity contribution < 1.29 is 4.79 Å². The summed E-state index contributed by atoms with van der Waals surface area (Å²) < 4.78 is 0. The standard InChI is InChI=1S/C27H23N3O/c1-17-10-12-18(13-11-17)26-25-21(20-7-3-5-9-23(20)29-25)14-15-30(26)27(31)24-16-19-6-2-4-8-22(19)28-24/h2-13,16,26,28-29H,14-15H2,1H3/t26-/m1/s1. The predicted molar refractivity (Wildman–Crippen MR) is 124 cm³/mol. The minimum absolute atomic E-state index is 0.0334. The summed E-state index contributed by atoms with van der Waals surface area (Å²) in [6.45, 7) is 2.77. The molecule has 1 aliphatic heterocycles. The van der Waals surface area contributed by atoms with Gasteiger partial charge in [0.05, 0.1) is 6.04 Å². The number of aryl methyl sites for hydroxylation is 1. The lowest BCUT2D eigenvalue weighted by Gasteiger charge is -2.36. The number of rotatable bonds is 2. The molecule has 3 aromatic carbocycles. The number of hydrogen-bond donors (Lipinski definition) is 2. The summed E-state index contributed by atoms with van der Waals surface area (Å²) >= 11 is 0. The van der Waals surface area contributed by atoms with E-state index in [1.54, 1.807) is 0 Å². The molecule has 2 aromatic heterocycles. The first-order valence-corrected chi connectivity index (χ1v) is 10.7. The third kappa shape index (κ3) is 2.87. The highest BCUT2D eigenvalue weighted by atomic mass is 16.2. The maximum absolute atomic E-state index is 13.7. The molecule has 1 atom stereocenters. The number of nitrogens with one attached hydrogen (secondary N) is 2. The summed E-state index contributed by atoms with van der Waals surface area (Å²) in [6, 6.07) is 26.8. The molecule has 6 rings (SSSR count). The lowest BCUT2D eigenvalue weighted by atomic mass is 9.91. The van der Waals surface area contributed by atoms with Crippen molar-refractivity contribution in [3.8, 4) is 0 Å². The van der Waals surface area contributed by atoms with Gasteiger partial charge in [0.15, 0.2) is 0 Å². The van der Waals surface area contributed by atoms with E-state index in [-0.39, 0.29) is 11.9 Å². The number of amides is 1. The summed E-state index contributed by atoms with van der Waals surface area (Å²) in [5.41, 5.74) is 7.54. The topological polar surface area (TPSA) is 51.9 Å². The second-order valence-corrected chi connectivity index (χ2v) is 8.39. The molecule has 0 spiro atoms. The molecule has 0 fully saturated rings. The van der Waals surface area contributed by atoms with Crippen molar-refractivity contribution in [2.24, 2.45) is 0 Å². The normalized spacial score (nSPS) is 16.0. The summed E-state index contributed by atoms with van der Waals surface area (Å²) in [5, 5.41) is 2.31. The lowest BCUT2D eigenvalue weighted by Crippen LogP contribution is -2.40. The maximum atomic E-state index is 13.7. The van der Waals surface area contributed by atoms with Crippen molar-refractivity contribution in [1.29, 1.82) is 0 Å². The van der Waals surface area contributed by atoms with Crippen LogP contribution in [0.2, 0.25) is 0 Å². The van der Waals surface area contributed by atoms with Crippen LogP contribution in [0.15, 0.2) is 78.9 Å². The first-order valence-electron chi connectivity index (χ1n) is 10.7. The molecular formula is C27H23N3O. The van der Waals surface area contributed by atoms with Crippen LogP contribution >= 0.6 is 0 Å². The number of nitrogens with zero attached hydrogens (tertiary/aromatic N) is 1. The molecule has 4 heteroatoms. The van der Waals surface area contributed by atoms with Crippen molar-refractivity contribution in [3.05, 3.63) is 107 Å². The second-order valence-electron chi connectivity index (χ2n) is 8.39. The van der Waals surface area contributed by atoms with Crippen LogP contribution in [0.25, 0.3) is 21.8 Å². The SMILES string of the molecule is Cc1ccc([C@@H]2c3[nH]c4ccccc4c3CCN2C(=O)c2cc3ccccc3[nH]2)cc1. The molecule has 0 unspecified atom stereocenters. The van der Waals surface area contributed by atoms with E-state index in [9.17, 15) is 4.79 Å². The Bertz CT molecular complexity index is 1390. The summed E-state index contributed by atoms with van der Waals surface area (Å²) in [6.07, 6.45) is 0.841. The molecule has 152 valence electrons. The fourth-order valence-corrected chi connectivity index (χ4v) is 4.90. The van der Waals surface area contributed by atoms with Crippen molar-refractivity contribution >= 4 is 27.7 Å². The van der Waals surface area contributed by atoms with Gasteiger partial charge < -0.3 is 14.9 Å². The van der Waals surface area contributed by atoms with Gasteiger partial charge in [-0.2, -0.15) is 0 Å². The molecule has 0 radical (unpaired) electrons. The van der Waals surface area contributed by atoms with Crippen LogP contribution in [-0.4, -0.2) is 27.3 Å². The van der Waals surface area contributed by atoms with E-state index >= 15 is 0 Å². The van der Waals surface area contributed by atoms with Crippen LogP contribution in [0.5, 0.6) is 0 Å². The molecule has 0 bridgehead atoms. The number of aromatic nitrogens is 2. The second kappa shape index (κ2) is 6.88. The van der Waals surface area contributed by atoms with Crippen molar-refractivity contribution in [1.82, 2.24) is 14.9 Å². The van der Waals surface area contributed by atoms with Gasteiger partial charge in [-0.15, -0.1) is 0 Å². The Kier molecular flexibility index (Phi) is 4.00. The summed E-state index contributed by atoms with van der Waals surface area (Å²) in [7, 11) is 0. The minimum atomic E-state index is -0.143. The minimum Gasteiger partial charge on any atom is -0.356 e.